The first-order chi connectivity index (χ1) is 7.13. The minimum Gasteiger partial charge on any atom is -0.348 e. The molecule has 1 rings (SSSR count). The quantitative estimate of drug-likeness (QED) is 0.745. The van der Waals surface area contributed by atoms with Crippen molar-refractivity contribution in [3.63, 3.8) is 0 Å². The fourth-order valence-electron chi connectivity index (χ4n) is 1.00. The van der Waals surface area contributed by atoms with Crippen LogP contribution in [0.25, 0.3) is 0 Å². The minimum atomic E-state index is -0.279. The molecule has 0 saturated heterocycles. The molecule has 0 saturated carbocycles. The van der Waals surface area contributed by atoms with Crippen LogP contribution in [-0.2, 0) is 9.59 Å². The summed E-state index contributed by atoms with van der Waals surface area (Å²) in [5.74, 6) is -0.0600. The van der Waals surface area contributed by atoms with Gasteiger partial charge in [0.2, 0.25) is 11.8 Å². The second-order valence-corrected chi connectivity index (χ2v) is 3.28. The number of carbonyl (C=O) groups is 2. The average Bonchev–Trinajstić information content (AvgIpc) is 2.68. The first kappa shape index (κ1) is 11.6. The standard InChI is InChI=1S/C9H12ClN3O2/c1-13(9(15)5-10)6-8(14)12-7-3-2-4-11-7/h2-4,11H,5-6H2,1H3,(H,12,14). The van der Waals surface area contributed by atoms with Crippen molar-refractivity contribution in [2.75, 3.05) is 24.8 Å². The molecule has 1 heterocycles. The molecule has 0 aliphatic carbocycles. The zero-order valence-electron chi connectivity index (χ0n) is 8.29. The lowest BCUT2D eigenvalue weighted by Gasteiger charge is -2.14. The van der Waals surface area contributed by atoms with Gasteiger partial charge in [0, 0.05) is 13.2 Å². The SMILES string of the molecule is CN(CC(=O)Nc1ccc[nH]1)C(=O)CCl. The van der Waals surface area contributed by atoms with E-state index in [1.165, 1.54) is 11.9 Å². The molecule has 0 aliphatic rings. The van der Waals surface area contributed by atoms with Crippen LogP contribution in [0.1, 0.15) is 0 Å². The Kier molecular flexibility index (Phi) is 4.17. The fourth-order valence-corrected chi connectivity index (χ4v) is 1.21. The molecule has 5 nitrogen and oxygen atoms in total. The molecule has 0 aromatic carbocycles. The van der Waals surface area contributed by atoms with Crippen LogP contribution in [0.15, 0.2) is 18.3 Å². The topological polar surface area (TPSA) is 65.2 Å². The number of nitrogens with one attached hydrogen (secondary N) is 2. The molecule has 2 amide bonds. The molecule has 0 fully saturated rings. The monoisotopic (exact) mass is 229 g/mol. The number of likely N-dealkylation sites (N-methyl/N-ethyl adjacent to an activating group) is 1. The lowest BCUT2D eigenvalue weighted by Crippen LogP contribution is -2.35. The molecule has 1 aromatic heterocycles. The van der Waals surface area contributed by atoms with E-state index in [2.05, 4.69) is 10.3 Å². The van der Waals surface area contributed by atoms with Gasteiger partial charge < -0.3 is 15.2 Å². The van der Waals surface area contributed by atoms with Crippen molar-refractivity contribution < 1.29 is 9.59 Å². The highest BCUT2D eigenvalue weighted by molar-refractivity contribution is 6.27. The van der Waals surface area contributed by atoms with E-state index in [9.17, 15) is 9.59 Å². The number of aromatic amines is 1. The maximum Gasteiger partial charge on any atom is 0.245 e. The van der Waals surface area contributed by atoms with Crippen molar-refractivity contribution in [1.82, 2.24) is 9.88 Å². The van der Waals surface area contributed by atoms with E-state index in [-0.39, 0.29) is 24.2 Å². The predicted molar refractivity (Wildman–Crippen MR) is 57.8 cm³/mol. The molecule has 82 valence electrons. The van der Waals surface area contributed by atoms with Gasteiger partial charge in [-0.1, -0.05) is 0 Å². The molecular weight excluding hydrogens is 218 g/mol. The molecule has 0 spiro atoms. The van der Waals surface area contributed by atoms with Crippen LogP contribution in [0.4, 0.5) is 5.82 Å². The maximum absolute atomic E-state index is 11.4. The Morgan fingerprint density at radius 2 is 2.33 bits per heavy atom. The van der Waals surface area contributed by atoms with Gasteiger partial charge >= 0.3 is 0 Å². The van der Waals surface area contributed by atoms with E-state index in [4.69, 9.17) is 11.6 Å². The number of carbonyl (C=O) groups excluding carboxylic acids is 2. The van der Waals surface area contributed by atoms with E-state index < -0.39 is 0 Å². The summed E-state index contributed by atoms with van der Waals surface area (Å²) in [6, 6.07) is 3.49. The smallest absolute Gasteiger partial charge is 0.245 e. The number of halogens is 1. The summed E-state index contributed by atoms with van der Waals surface area (Å²) in [6.07, 6.45) is 1.70. The number of hydrogen-bond acceptors (Lipinski definition) is 2. The predicted octanol–water partition coefficient (Wildman–Crippen LogP) is 0.650. The summed E-state index contributed by atoms with van der Waals surface area (Å²) in [5.41, 5.74) is 0. The van der Waals surface area contributed by atoms with Gasteiger partial charge in [-0.3, -0.25) is 9.59 Å². The molecule has 0 unspecified atom stereocenters. The van der Waals surface area contributed by atoms with E-state index in [0.717, 1.165) is 0 Å². The summed E-state index contributed by atoms with van der Waals surface area (Å²) >= 11 is 5.34. The Morgan fingerprint density at radius 3 is 2.87 bits per heavy atom. The third-order valence-corrected chi connectivity index (χ3v) is 2.02. The van der Waals surface area contributed by atoms with E-state index in [1.807, 2.05) is 0 Å². The van der Waals surface area contributed by atoms with E-state index in [0.29, 0.717) is 5.82 Å². The highest BCUT2D eigenvalue weighted by Gasteiger charge is 2.11. The molecular formula is C9H12ClN3O2. The summed E-state index contributed by atoms with van der Waals surface area (Å²) in [4.78, 5) is 26.5. The van der Waals surface area contributed by atoms with Crippen molar-refractivity contribution in [2.24, 2.45) is 0 Å². The number of alkyl halides is 1. The largest absolute Gasteiger partial charge is 0.348 e. The van der Waals surface area contributed by atoms with Crippen LogP contribution in [0.3, 0.4) is 0 Å². The molecule has 0 atom stereocenters. The van der Waals surface area contributed by atoms with Crippen molar-refractivity contribution in [3.8, 4) is 0 Å². The summed E-state index contributed by atoms with van der Waals surface area (Å²) in [7, 11) is 1.53. The van der Waals surface area contributed by atoms with Gasteiger partial charge in [0.05, 0.1) is 6.54 Å². The van der Waals surface area contributed by atoms with Crippen molar-refractivity contribution in [3.05, 3.63) is 18.3 Å². The Morgan fingerprint density at radius 1 is 1.60 bits per heavy atom. The maximum atomic E-state index is 11.4. The van der Waals surface area contributed by atoms with Crippen LogP contribution in [0, 0.1) is 0 Å². The molecule has 6 heteroatoms. The number of H-pyrrole nitrogens is 1. The van der Waals surface area contributed by atoms with E-state index >= 15 is 0 Å². The highest BCUT2D eigenvalue weighted by Crippen LogP contribution is 2.00. The zero-order valence-corrected chi connectivity index (χ0v) is 9.04. The first-order valence-electron chi connectivity index (χ1n) is 4.36. The highest BCUT2D eigenvalue weighted by atomic mass is 35.5. The summed E-state index contributed by atoms with van der Waals surface area (Å²) < 4.78 is 0. The summed E-state index contributed by atoms with van der Waals surface area (Å²) in [6.45, 7) is -0.00935. The number of aromatic nitrogens is 1. The molecule has 1 aromatic rings. The second-order valence-electron chi connectivity index (χ2n) is 3.02. The lowest BCUT2D eigenvalue weighted by molar-refractivity contribution is -0.131. The number of anilines is 1. The first-order valence-corrected chi connectivity index (χ1v) is 4.90. The van der Waals surface area contributed by atoms with Gasteiger partial charge in [-0.25, -0.2) is 0 Å². The molecule has 0 aliphatic heterocycles. The van der Waals surface area contributed by atoms with Gasteiger partial charge in [0.25, 0.3) is 0 Å². The van der Waals surface area contributed by atoms with Gasteiger partial charge in [0.15, 0.2) is 0 Å². The van der Waals surface area contributed by atoms with Gasteiger partial charge in [-0.15, -0.1) is 11.6 Å². The Bertz CT molecular complexity index is 337. The van der Waals surface area contributed by atoms with Crippen LogP contribution in [-0.4, -0.2) is 41.2 Å². The molecule has 15 heavy (non-hydrogen) atoms. The molecule has 0 bridgehead atoms. The van der Waals surface area contributed by atoms with Crippen molar-refractivity contribution in [1.29, 1.82) is 0 Å². The van der Waals surface area contributed by atoms with Gasteiger partial charge in [-0.2, -0.15) is 0 Å². The molecule has 2 N–H and O–H groups in total. The third-order valence-electron chi connectivity index (χ3n) is 1.79. The fraction of sp³-hybridized carbons (Fsp3) is 0.333. The number of hydrogen-bond donors (Lipinski definition) is 2. The molecule has 0 radical (unpaired) electrons. The van der Waals surface area contributed by atoms with Crippen LogP contribution in [0.2, 0.25) is 0 Å². The van der Waals surface area contributed by atoms with Crippen LogP contribution >= 0.6 is 11.6 Å². The zero-order chi connectivity index (χ0) is 11.3. The normalized spacial score (nSPS) is 9.73. The van der Waals surface area contributed by atoms with Crippen molar-refractivity contribution in [2.45, 2.75) is 0 Å². The van der Waals surface area contributed by atoms with Gasteiger partial charge in [-0.05, 0) is 12.1 Å². The van der Waals surface area contributed by atoms with Gasteiger partial charge in [0.1, 0.15) is 11.7 Å². The van der Waals surface area contributed by atoms with Crippen LogP contribution < -0.4 is 5.32 Å². The lowest BCUT2D eigenvalue weighted by atomic mass is 10.4. The second kappa shape index (κ2) is 5.41. The Hall–Kier alpha value is -1.49. The summed E-state index contributed by atoms with van der Waals surface area (Å²) in [5, 5.41) is 2.60. The minimum absolute atomic E-state index is 0.00935. The van der Waals surface area contributed by atoms with Crippen LogP contribution in [0.5, 0.6) is 0 Å². The number of nitrogens with zero attached hydrogens (tertiary/aromatic N) is 1. The number of amides is 2. The van der Waals surface area contributed by atoms with Crippen molar-refractivity contribution >= 4 is 29.2 Å². The average molecular weight is 230 g/mol. The third kappa shape index (κ3) is 3.63. The Balaban J connectivity index is 2.39. The van der Waals surface area contributed by atoms with E-state index in [1.54, 1.807) is 18.3 Å². The number of rotatable bonds is 4. The Labute approximate surface area is 92.4 Å².